The predicted molar refractivity (Wildman–Crippen MR) is 119 cm³/mol. The zero-order valence-corrected chi connectivity index (χ0v) is 17.7. The van der Waals surface area contributed by atoms with Crippen molar-refractivity contribution in [1.29, 1.82) is 0 Å². The van der Waals surface area contributed by atoms with Gasteiger partial charge in [-0.05, 0) is 43.0 Å². The van der Waals surface area contributed by atoms with Crippen molar-refractivity contribution in [2.45, 2.75) is 45.7 Å². The van der Waals surface area contributed by atoms with E-state index < -0.39 is 0 Å². The van der Waals surface area contributed by atoms with Crippen molar-refractivity contribution in [2.75, 3.05) is 0 Å². The average Bonchev–Trinajstić information content (AvgIpc) is 3.19. The lowest BCUT2D eigenvalue weighted by molar-refractivity contribution is -0.122. The van der Waals surface area contributed by atoms with Gasteiger partial charge >= 0.3 is 0 Å². The number of hydrogen-bond acceptors (Lipinski definition) is 5. The summed E-state index contributed by atoms with van der Waals surface area (Å²) < 4.78 is 1.32. The number of aromatic amines is 1. The minimum Gasteiger partial charge on any atom is -0.346 e. The van der Waals surface area contributed by atoms with Gasteiger partial charge in [0, 0.05) is 13.0 Å². The molecule has 1 amide bonds. The summed E-state index contributed by atoms with van der Waals surface area (Å²) in [6.45, 7) is 4.57. The van der Waals surface area contributed by atoms with E-state index in [0.717, 1.165) is 23.3 Å². The molecule has 8 nitrogen and oxygen atoms in total. The van der Waals surface area contributed by atoms with Gasteiger partial charge in [0.2, 0.25) is 5.91 Å². The topological polar surface area (TPSA) is 106 Å². The number of amides is 1. The van der Waals surface area contributed by atoms with Crippen LogP contribution in [0.2, 0.25) is 0 Å². The van der Waals surface area contributed by atoms with Crippen LogP contribution >= 0.6 is 0 Å². The summed E-state index contributed by atoms with van der Waals surface area (Å²) in [4.78, 5) is 33.1. The molecular weight excluding hydrogens is 392 g/mol. The maximum atomic E-state index is 12.6. The van der Waals surface area contributed by atoms with E-state index in [2.05, 4.69) is 39.4 Å². The van der Waals surface area contributed by atoms with E-state index in [1.54, 1.807) is 18.2 Å². The van der Waals surface area contributed by atoms with Gasteiger partial charge in [0.15, 0.2) is 0 Å². The van der Waals surface area contributed by atoms with Gasteiger partial charge in [-0.1, -0.05) is 43.3 Å². The molecule has 2 N–H and O–H groups in total. The molecule has 0 spiro atoms. The number of benzene rings is 2. The van der Waals surface area contributed by atoms with E-state index in [1.165, 1.54) is 4.68 Å². The van der Waals surface area contributed by atoms with Crippen LogP contribution in [0.4, 0.5) is 0 Å². The number of carbonyl (C=O) groups excluding carboxylic acids is 1. The first-order valence-corrected chi connectivity index (χ1v) is 10.6. The number of rotatable bonds is 8. The second-order valence-corrected chi connectivity index (χ2v) is 8.13. The zero-order valence-electron chi connectivity index (χ0n) is 17.7. The number of hydrogen-bond donors (Lipinski definition) is 2. The Kier molecular flexibility index (Phi) is 6.06. The number of nitrogens with one attached hydrogen (secondary N) is 2. The lowest BCUT2D eigenvalue weighted by Gasteiger charge is -2.18. The number of H-pyrrole nitrogens is 1. The third-order valence-corrected chi connectivity index (χ3v) is 5.18. The Hall–Kier alpha value is -3.55. The number of aromatic nitrogens is 5. The van der Waals surface area contributed by atoms with Gasteiger partial charge in [0.05, 0.1) is 22.5 Å². The van der Waals surface area contributed by atoms with Crippen molar-refractivity contribution in [3.63, 3.8) is 0 Å². The SMILES string of the molecule is CC(C)C[C@@H](NC(=O)CCCn1nnc2ccccc2c1=O)c1nc2ccccc2[nH]1. The fourth-order valence-corrected chi connectivity index (χ4v) is 3.67. The highest BCUT2D eigenvalue weighted by atomic mass is 16.1. The summed E-state index contributed by atoms with van der Waals surface area (Å²) in [5, 5.41) is 11.7. The summed E-state index contributed by atoms with van der Waals surface area (Å²) in [5.41, 5.74) is 2.22. The van der Waals surface area contributed by atoms with Crippen LogP contribution in [0.5, 0.6) is 0 Å². The zero-order chi connectivity index (χ0) is 21.8. The van der Waals surface area contributed by atoms with Gasteiger partial charge in [-0.25, -0.2) is 9.67 Å². The van der Waals surface area contributed by atoms with E-state index in [0.29, 0.717) is 29.8 Å². The lowest BCUT2D eigenvalue weighted by Crippen LogP contribution is -2.31. The molecular formula is C23H26N6O2. The molecule has 160 valence electrons. The Morgan fingerprint density at radius 2 is 1.84 bits per heavy atom. The summed E-state index contributed by atoms with van der Waals surface area (Å²) in [5.74, 6) is 1.08. The normalized spacial score (nSPS) is 12.5. The molecule has 2 heterocycles. The Labute approximate surface area is 179 Å². The van der Waals surface area contributed by atoms with Crippen LogP contribution in [0.3, 0.4) is 0 Å². The fraction of sp³-hybridized carbons (Fsp3) is 0.348. The van der Waals surface area contributed by atoms with Crippen LogP contribution in [-0.2, 0) is 11.3 Å². The van der Waals surface area contributed by atoms with Gasteiger partial charge in [0.25, 0.3) is 5.56 Å². The van der Waals surface area contributed by atoms with Crippen LogP contribution in [-0.4, -0.2) is 30.9 Å². The molecule has 2 aromatic heterocycles. The highest BCUT2D eigenvalue weighted by Crippen LogP contribution is 2.22. The molecule has 2 aromatic carbocycles. The highest BCUT2D eigenvalue weighted by molar-refractivity contribution is 5.78. The van der Waals surface area contributed by atoms with E-state index in [-0.39, 0.29) is 23.9 Å². The van der Waals surface area contributed by atoms with Crippen molar-refractivity contribution >= 4 is 27.8 Å². The highest BCUT2D eigenvalue weighted by Gasteiger charge is 2.19. The first kappa shape index (κ1) is 20.7. The summed E-state index contributed by atoms with van der Waals surface area (Å²) in [6.07, 6.45) is 1.56. The van der Waals surface area contributed by atoms with Crippen molar-refractivity contribution < 1.29 is 4.79 Å². The van der Waals surface area contributed by atoms with Crippen molar-refractivity contribution in [3.8, 4) is 0 Å². The summed E-state index contributed by atoms with van der Waals surface area (Å²) >= 11 is 0. The molecule has 0 aliphatic heterocycles. The van der Waals surface area contributed by atoms with Crippen molar-refractivity contribution in [3.05, 3.63) is 64.7 Å². The Balaban J connectivity index is 1.40. The predicted octanol–water partition coefficient (Wildman–Crippen LogP) is 3.35. The van der Waals surface area contributed by atoms with Crippen LogP contribution < -0.4 is 10.9 Å². The third kappa shape index (κ3) is 4.79. The van der Waals surface area contributed by atoms with Gasteiger partial charge in [0.1, 0.15) is 11.3 Å². The quantitative estimate of drug-likeness (QED) is 0.456. The number of fused-ring (bicyclic) bond motifs is 2. The summed E-state index contributed by atoms with van der Waals surface area (Å²) in [6, 6.07) is 14.8. The van der Waals surface area contributed by atoms with Crippen LogP contribution in [0.15, 0.2) is 53.3 Å². The monoisotopic (exact) mass is 418 g/mol. The van der Waals surface area contributed by atoms with Gasteiger partial charge in [-0.3, -0.25) is 9.59 Å². The second kappa shape index (κ2) is 9.07. The Bertz CT molecular complexity index is 1230. The number of para-hydroxylation sites is 2. The maximum Gasteiger partial charge on any atom is 0.277 e. The first-order valence-electron chi connectivity index (χ1n) is 10.6. The Morgan fingerprint density at radius 3 is 2.61 bits per heavy atom. The molecule has 0 radical (unpaired) electrons. The number of imidazole rings is 1. The fourth-order valence-electron chi connectivity index (χ4n) is 3.67. The lowest BCUT2D eigenvalue weighted by atomic mass is 10.0. The maximum absolute atomic E-state index is 12.6. The molecule has 0 aliphatic carbocycles. The molecule has 0 saturated carbocycles. The molecule has 0 saturated heterocycles. The second-order valence-electron chi connectivity index (χ2n) is 8.13. The first-order chi connectivity index (χ1) is 15.0. The van der Waals surface area contributed by atoms with E-state index in [1.807, 2.05) is 30.3 Å². The van der Waals surface area contributed by atoms with E-state index >= 15 is 0 Å². The third-order valence-electron chi connectivity index (χ3n) is 5.18. The number of aryl methyl sites for hydroxylation is 1. The van der Waals surface area contributed by atoms with Crippen LogP contribution in [0.25, 0.3) is 21.9 Å². The standard InChI is InChI=1S/C23H26N6O2/c1-15(2)14-20(22-25-18-10-5-6-11-19(18)26-22)24-21(30)12-7-13-29-23(31)16-8-3-4-9-17(16)27-28-29/h3-6,8-11,15,20H,7,12-14H2,1-2H3,(H,24,30)(H,25,26)/t20-/m1/s1. The largest absolute Gasteiger partial charge is 0.346 e. The number of nitrogens with zero attached hydrogens (tertiary/aromatic N) is 4. The van der Waals surface area contributed by atoms with Crippen molar-refractivity contribution in [2.24, 2.45) is 5.92 Å². The van der Waals surface area contributed by atoms with Crippen molar-refractivity contribution in [1.82, 2.24) is 30.3 Å². The molecule has 4 rings (SSSR count). The molecule has 0 fully saturated rings. The van der Waals surface area contributed by atoms with E-state index in [4.69, 9.17) is 0 Å². The molecule has 1 atom stereocenters. The Morgan fingerprint density at radius 1 is 1.10 bits per heavy atom. The summed E-state index contributed by atoms with van der Waals surface area (Å²) in [7, 11) is 0. The molecule has 8 heteroatoms. The molecule has 0 aliphatic rings. The molecule has 31 heavy (non-hydrogen) atoms. The van der Waals surface area contributed by atoms with Gasteiger partial charge in [-0.2, -0.15) is 0 Å². The van der Waals surface area contributed by atoms with Gasteiger partial charge in [-0.15, -0.1) is 5.10 Å². The van der Waals surface area contributed by atoms with Gasteiger partial charge < -0.3 is 10.3 Å². The number of carbonyl (C=O) groups is 1. The van der Waals surface area contributed by atoms with Crippen LogP contribution in [0, 0.1) is 5.92 Å². The average molecular weight is 419 g/mol. The van der Waals surface area contributed by atoms with E-state index in [9.17, 15) is 9.59 Å². The molecule has 0 unspecified atom stereocenters. The minimum absolute atomic E-state index is 0.0760. The smallest absolute Gasteiger partial charge is 0.277 e. The molecule has 4 aromatic rings. The van der Waals surface area contributed by atoms with Crippen LogP contribution in [0.1, 0.15) is 45.0 Å². The minimum atomic E-state index is -0.192. The molecule has 0 bridgehead atoms.